The first-order chi connectivity index (χ1) is 11.1. The summed E-state index contributed by atoms with van der Waals surface area (Å²) in [5.74, 6) is 1.43. The SMILES string of the molecule is CCCC(CCC)C(CC(=O)CC)CC1=NC(CC)=C=CC=C1. The molecule has 0 aromatic rings. The zero-order valence-electron chi connectivity index (χ0n) is 15.4. The van der Waals surface area contributed by atoms with Gasteiger partial charge < -0.3 is 0 Å². The van der Waals surface area contributed by atoms with Crippen LogP contribution in [0.5, 0.6) is 0 Å². The summed E-state index contributed by atoms with van der Waals surface area (Å²) in [6, 6.07) is 0. The van der Waals surface area contributed by atoms with Crippen molar-refractivity contribution in [1.82, 2.24) is 0 Å². The number of allylic oxidation sites excluding steroid dienone is 3. The van der Waals surface area contributed by atoms with E-state index < -0.39 is 0 Å². The van der Waals surface area contributed by atoms with E-state index >= 15 is 0 Å². The summed E-state index contributed by atoms with van der Waals surface area (Å²) in [4.78, 5) is 16.8. The highest BCUT2D eigenvalue weighted by molar-refractivity contribution is 5.96. The standard InChI is InChI=1S/C21H33NO/c1-5-11-17(12-6-2)18(16-21(23)8-4)15-20-14-10-9-13-19(7-3)22-20/h9-10,14,17-18H,5-8,11-12,15-16H2,1-4H3. The first-order valence-electron chi connectivity index (χ1n) is 9.35. The monoisotopic (exact) mass is 315 g/mol. The van der Waals surface area contributed by atoms with Gasteiger partial charge in [-0.25, -0.2) is 4.99 Å². The van der Waals surface area contributed by atoms with E-state index in [0.29, 0.717) is 30.5 Å². The van der Waals surface area contributed by atoms with Gasteiger partial charge in [0.2, 0.25) is 0 Å². The van der Waals surface area contributed by atoms with Crippen LogP contribution in [0.3, 0.4) is 0 Å². The number of Topliss-reactive ketones (excluding diaryl/α,β-unsaturated/α-hetero) is 1. The van der Waals surface area contributed by atoms with Gasteiger partial charge in [-0.1, -0.05) is 65.2 Å². The molecule has 1 aliphatic heterocycles. The highest BCUT2D eigenvalue weighted by Gasteiger charge is 2.24. The number of rotatable bonds is 11. The maximum absolute atomic E-state index is 12.1. The lowest BCUT2D eigenvalue weighted by Gasteiger charge is -2.26. The Morgan fingerprint density at radius 2 is 1.83 bits per heavy atom. The number of nitrogens with zero attached hydrogens (tertiary/aromatic N) is 1. The Labute approximate surface area is 142 Å². The molecular formula is C21H33NO. The summed E-state index contributed by atoms with van der Waals surface area (Å²) in [7, 11) is 0. The van der Waals surface area contributed by atoms with E-state index in [1.165, 1.54) is 25.7 Å². The Balaban J connectivity index is 2.93. The number of hydrogen-bond acceptors (Lipinski definition) is 2. The van der Waals surface area contributed by atoms with Gasteiger partial charge in [-0.3, -0.25) is 4.79 Å². The number of ketones is 1. The second kappa shape index (κ2) is 11.2. The molecule has 1 aliphatic rings. The molecular weight excluding hydrogens is 282 g/mol. The van der Waals surface area contributed by atoms with E-state index in [-0.39, 0.29) is 0 Å². The summed E-state index contributed by atoms with van der Waals surface area (Å²) >= 11 is 0. The third-order valence-corrected chi connectivity index (χ3v) is 4.59. The summed E-state index contributed by atoms with van der Waals surface area (Å²) in [6.45, 7) is 8.56. The largest absolute Gasteiger partial charge is 0.300 e. The molecule has 0 saturated carbocycles. The van der Waals surface area contributed by atoms with Gasteiger partial charge in [0.05, 0.1) is 5.70 Å². The Bertz CT molecular complexity index is 486. The lowest BCUT2D eigenvalue weighted by atomic mass is 9.78. The van der Waals surface area contributed by atoms with Gasteiger partial charge in [0, 0.05) is 18.6 Å². The van der Waals surface area contributed by atoms with E-state index in [2.05, 4.69) is 32.6 Å². The third-order valence-electron chi connectivity index (χ3n) is 4.59. The lowest BCUT2D eigenvalue weighted by molar-refractivity contribution is -0.120. The second-order valence-corrected chi connectivity index (χ2v) is 6.47. The maximum Gasteiger partial charge on any atom is 0.132 e. The minimum atomic E-state index is 0.384. The molecule has 128 valence electrons. The van der Waals surface area contributed by atoms with Gasteiger partial charge in [-0.2, -0.15) is 0 Å². The van der Waals surface area contributed by atoms with E-state index in [1.54, 1.807) is 0 Å². The van der Waals surface area contributed by atoms with Crippen LogP contribution in [-0.2, 0) is 4.79 Å². The number of carbonyl (C=O) groups excluding carboxylic acids is 1. The van der Waals surface area contributed by atoms with Gasteiger partial charge in [0.15, 0.2) is 0 Å². The summed E-state index contributed by atoms with van der Waals surface area (Å²) in [5, 5.41) is 0. The van der Waals surface area contributed by atoms with Gasteiger partial charge in [0.25, 0.3) is 0 Å². The molecule has 0 amide bonds. The van der Waals surface area contributed by atoms with Crippen LogP contribution in [0.4, 0.5) is 0 Å². The molecule has 23 heavy (non-hydrogen) atoms. The van der Waals surface area contributed by atoms with Crippen molar-refractivity contribution in [3.63, 3.8) is 0 Å². The maximum atomic E-state index is 12.1. The Morgan fingerprint density at radius 3 is 2.39 bits per heavy atom. The number of carbonyl (C=O) groups is 1. The van der Waals surface area contributed by atoms with E-state index in [1.807, 2.05) is 19.1 Å². The molecule has 0 aliphatic carbocycles. The quantitative estimate of drug-likeness (QED) is 0.427. The van der Waals surface area contributed by atoms with Gasteiger partial charge in [-0.15, -0.1) is 0 Å². The third kappa shape index (κ3) is 7.14. The molecule has 0 fully saturated rings. The van der Waals surface area contributed by atoms with Crippen molar-refractivity contribution in [3.8, 4) is 0 Å². The van der Waals surface area contributed by atoms with Crippen LogP contribution in [0.1, 0.15) is 79.1 Å². The Hall–Kier alpha value is -1.40. The summed E-state index contributed by atoms with van der Waals surface area (Å²) < 4.78 is 0. The van der Waals surface area contributed by atoms with Crippen molar-refractivity contribution in [2.75, 3.05) is 0 Å². The summed E-state index contributed by atoms with van der Waals surface area (Å²) in [5.41, 5.74) is 5.33. The molecule has 1 atom stereocenters. The predicted octanol–water partition coefficient (Wildman–Crippen LogP) is 6.04. The zero-order valence-corrected chi connectivity index (χ0v) is 15.4. The zero-order chi connectivity index (χ0) is 17.1. The van der Waals surface area contributed by atoms with Crippen molar-refractivity contribution in [3.05, 3.63) is 29.7 Å². The molecule has 0 aromatic carbocycles. The number of hydrogen-bond donors (Lipinski definition) is 0. The molecule has 2 nitrogen and oxygen atoms in total. The molecule has 0 radical (unpaired) electrons. The van der Waals surface area contributed by atoms with Crippen LogP contribution < -0.4 is 0 Å². The minimum Gasteiger partial charge on any atom is -0.300 e. The van der Waals surface area contributed by atoms with Crippen molar-refractivity contribution in [1.29, 1.82) is 0 Å². The second-order valence-electron chi connectivity index (χ2n) is 6.47. The minimum absolute atomic E-state index is 0.384. The number of aliphatic imine (C=N–C) groups is 1. The Morgan fingerprint density at radius 1 is 1.13 bits per heavy atom. The van der Waals surface area contributed by atoms with Crippen LogP contribution >= 0.6 is 0 Å². The topological polar surface area (TPSA) is 29.4 Å². The molecule has 0 spiro atoms. The van der Waals surface area contributed by atoms with E-state index in [4.69, 9.17) is 4.99 Å². The van der Waals surface area contributed by atoms with Crippen LogP contribution in [0, 0.1) is 11.8 Å². The van der Waals surface area contributed by atoms with Gasteiger partial charge >= 0.3 is 0 Å². The molecule has 0 bridgehead atoms. The normalized spacial score (nSPS) is 15.3. The summed E-state index contributed by atoms with van der Waals surface area (Å²) in [6.07, 6.45) is 14.0. The average molecular weight is 316 g/mol. The smallest absolute Gasteiger partial charge is 0.132 e. The highest BCUT2D eigenvalue weighted by atomic mass is 16.1. The first-order valence-corrected chi connectivity index (χ1v) is 9.35. The fourth-order valence-corrected chi connectivity index (χ4v) is 3.31. The van der Waals surface area contributed by atoms with Crippen molar-refractivity contribution < 1.29 is 4.79 Å². The van der Waals surface area contributed by atoms with Crippen LogP contribution in [-0.4, -0.2) is 11.5 Å². The van der Waals surface area contributed by atoms with E-state index in [0.717, 1.165) is 24.3 Å². The van der Waals surface area contributed by atoms with Crippen molar-refractivity contribution in [2.45, 2.75) is 79.1 Å². The molecule has 2 heteroatoms. The van der Waals surface area contributed by atoms with Crippen molar-refractivity contribution >= 4 is 11.5 Å². The fourth-order valence-electron chi connectivity index (χ4n) is 3.31. The molecule has 0 aromatic heterocycles. The molecule has 1 rings (SSSR count). The Kier molecular flexibility index (Phi) is 9.55. The van der Waals surface area contributed by atoms with Gasteiger partial charge in [0.1, 0.15) is 5.78 Å². The van der Waals surface area contributed by atoms with E-state index in [9.17, 15) is 4.79 Å². The van der Waals surface area contributed by atoms with Crippen molar-refractivity contribution in [2.24, 2.45) is 16.8 Å². The fraction of sp³-hybridized carbons (Fsp3) is 0.667. The first kappa shape index (κ1) is 19.6. The lowest BCUT2D eigenvalue weighted by Crippen LogP contribution is -2.21. The average Bonchev–Trinajstić information content (AvgIpc) is 2.79. The predicted molar refractivity (Wildman–Crippen MR) is 99.8 cm³/mol. The molecule has 1 unspecified atom stereocenters. The highest BCUT2D eigenvalue weighted by Crippen LogP contribution is 2.30. The molecule has 0 saturated heterocycles. The van der Waals surface area contributed by atoms with Gasteiger partial charge in [-0.05, 0) is 36.8 Å². The van der Waals surface area contributed by atoms with Crippen LogP contribution in [0.25, 0.3) is 0 Å². The molecule has 0 N–H and O–H groups in total. The van der Waals surface area contributed by atoms with Crippen LogP contribution in [0.15, 0.2) is 34.6 Å². The molecule has 1 heterocycles. The van der Waals surface area contributed by atoms with Crippen LogP contribution in [0.2, 0.25) is 0 Å².